The van der Waals surface area contributed by atoms with E-state index in [1.807, 2.05) is 12.1 Å². The van der Waals surface area contributed by atoms with E-state index in [0.29, 0.717) is 0 Å². The first-order chi connectivity index (χ1) is 5.27. The van der Waals surface area contributed by atoms with Crippen LogP contribution >= 0.6 is 22.6 Å². The normalized spacial score (nSPS) is 10.6. The summed E-state index contributed by atoms with van der Waals surface area (Å²) in [6.45, 7) is 0. The minimum atomic E-state index is 0.770. The predicted molar refractivity (Wildman–Crippen MR) is 53.2 cm³/mol. The number of halogens is 1. The number of fused-ring (bicyclic) bond motifs is 1. The molecule has 0 aliphatic carbocycles. The fourth-order valence-corrected chi connectivity index (χ4v) is 1.82. The van der Waals surface area contributed by atoms with Crippen LogP contribution in [0.15, 0.2) is 18.3 Å². The number of benzene rings is 1. The van der Waals surface area contributed by atoms with Gasteiger partial charge in [0.15, 0.2) is 0 Å². The van der Waals surface area contributed by atoms with Crippen molar-refractivity contribution in [2.24, 2.45) is 0 Å². The van der Waals surface area contributed by atoms with E-state index in [0.717, 1.165) is 20.2 Å². The predicted octanol–water partition coefficient (Wildman–Crippen LogP) is 1.75. The first-order valence-corrected chi connectivity index (χ1v) is 4.23. The summed E-state index contributed by atoms with van der Waals surface area (Å²) < 4.78 is 1.13. The molecule has 0 radical (unpaired) electrons. The summed E-state index contributed by atoms with van der Waals surface area (Å²) in [7, 11) is 0. The van der Waals surface area contributed by atoms with Gasteiger partial charge in [0, 0.05) is 14.6 Å². The quantitative estimate of drug-likeness (QED) is 0.559. The van der Waals surface area contributed by atoms with E-state index < -0.39 is 0 Å². The summed E-state index contributed by atoms with van der Waals surface area (Å²) >= 11 is 2.24. The number of hydrogen-bond donors (Lipinski definition) is 2. The van der Waals surface area contributed by atoms with Crippen molar-refractivity contribution in [3.8, 4) is 0 Å². The Bertz CT molecular complexity index is 393. The average molecular weight is 259 g/mol. The van der Waals surface area contributed by atoms with Gasteiger partial charge in [0.2, 0.25) is 0 Å². The maximum atomic E-state index is 5.63. The molecule has 0 aliphatic rings. The molecule has 1 aromatic heterocycles. The van der Waals surface area contributed by atoms with Gasteiger partial charge in [0.1, 0.15) is 0 Å². The lowest BCUT2D eigenvalue weighted by Crippen LogP contribution is -1.85. The molecule has 0 bridgehead atoms. The van der Waals surface area contributed by atoms with Crippen molar-refractivity contribution < 1.29 is 0 Å². The molecule has 0 saturated heterocycles. The number of anilines is 1. The first kappa shape index (κ1) is 6.90. The fraction of sp³-hybridized carbons (Fsp3) is 0. The second kappa shape index (κ2) is 2.37. The molecule has 56 valence electrons. The summed E-state index contributed by atoms with van der Waals surface area (Å²) in [5.74, 6) is 0. The molecule has 1 aromatic carbocycles. The second-order valence-corrected chi connectivity index (χ2v) is 3.50. The van der Waals surface area contributed by atoms with Crippen molar-refractivity contribution in [3.63, 3.8) is 0 Å². The molecule has 2 aromatic rings. The van der Waals surface area contributed by atoms with Crippen LogP contribution in [0.4, 0.5) is 5.69 Å². The number of nitrogens with one attached hydrogen (secondary N) is 1. The van der Waals surface area contributed by atoms with E-state index in [-0.39, 0.29) is 0 Å². The summed E-state index contributed by atoms with van der Waals surface area (Å²) in [4.78, 5) is 0. The molecule has 3 nitrogen and oxygen atoms in total. The van der Waals surface area contributed by atoms with Crippen molar-refractivity contribution in [2.75, 3.05) is 5.73 Å². The molecule has 1 heterocycles. The van der Waals surface area contributed by atoms with Gasteiger partial charge in [-0.25, -0.2) is 0 Å². The Balaban J connectivity index is 2.91. The van der Waals surface area contributed by atoms with Gasteiger partial charge in [-0.15, -0.1) is 0 Å². The van der Waals surface area contributed by atoms with Gasteiger partial charge in [-0.1, -0.05) is 0 Å². The van der Waals surface area contributed by atoms with Gasteiger partial charge in [0.05, 0.1) is 11.7 Å². The van der Waals surface area contributed by atoms with E-state index in [1.54, 1.807) is 6.20 Å². The third-order valence-corrected chi connectivity index (χ3v) is 2.42. The van der Waals surface area contributed by atoms with Crippen LogP contribution in [-0.2, 0) is 0 Å². The molecular formula is C7H6IN3. The number of rotatable bonds is 0. The molecule has 0 saturated carbocycles. The van der Waals surface area contributed by atoms with E-state index in [9.17, 15) is 0 Å². The van der Waals surface area contributed by atoms with E-state index >= 15 is 0 Å². The van der Waals surface area contributed by atoms with Gasteiger partial charge in [0.25, 0.3) is 0 Å². The zero-order valence-corrected chi connectivity index (χ0v) is 7.79. The van der Waals surface area contributed by atoms with Crippen LogP contribution in [-0.4, -0.2) is 10.2 Å². The van der Waals surface area contributed by atoms with Gasteiger partial charge < -0.3 is 5.73 Å². The van der Waals surface area contributed by atoms with Crippen LogP contribution < -0.4 is 5.73 Å². The Labute approximate surface area is 77.1 Å². The van der Waals surface area contributed by atoms with Crippen LogP contribution in [0.25, 0.3) is 10.9 Å². The van der Waals surface area contributed by atoms with Crippen molar-refractivity contribution in [1.82, 2.24) is 10.2 Å². The largest absolute Gasteiger partial charge is 0.399 e. The lowest BCUT2D eigenvalue weighted by molar-refractivity contribution is 1.12. The molecular weight excluding hydrogens is 253 g/mol. The fourth-order valence-electron chi connectivity index (χ4n) is 1.03. The zero-order valence-electron chi connectivity index (χ0n) is 5.63. The summed E-state index contributed by atoms with van der Waals surface area (Å²) in [5.41, 5.74) is 7.40. The summed E-state index contributed by atoms with van der Waals surface area (Å²) in [6.07, 6.45) is 1.80. The molecule has 2 rings (SSSR count). The second-order valence-electron chi connectivity index (χ2n) is 2.33. The first-order valence-electron chi connectivity index (χ1n) is 3.15. The number of H-pyrrole nitrogens is 1. The zero-order chi connectivity index (χ0) is 7.84. The van der Waals surface area contributed by atoms with Crippen LogP contribution in [0.3, 0.4) is 0 Å². The molecule has 0 atom stereocenters. The Hall–Kier alpha value is -0.780. The maximum absolute atomic E-state index is 5.63. The highest BCUT2D eigenvalue weighted by molar-refractivity contribution is 14.1. The summed E-state index contributed by atoms with van der Waals surface area (Å²) in [6, 6.07) is 3.81. The van der Waals surface area contributed by atoms with Crippen molar-refractivity contribution in [3.05, 3.63) is 21.9 Å². The molecule has 0 unspecified atom stereocenters. The molecule has 0 spiro atoms. The van der Waals surface area contributed by atoms with Gasteiger partial charge in [-0.05, 0) is 34.7 Å². The number of aromatic amines is 1. The van der Waals surface area contributed by atoms with E-state index in [4.69, 9.17) is 5.73 Å². The third kappa shape index (κ3) is 1.07. The number of nitrogen functional groups attached to an aromatic ring is 1. The minimum absolute atomic E-state index is 0.770. The van der Waals surface area contributed by atoms with Crippen molar-refractivity contribution >= 4 is 39.2 Å². The Kier molecular flexibility index (Phi) is 1.49. The van der Waals surface area contributed by atoms with Gasteiger partial charge in [-0.3, -0.25) is 5.10 Å². The molecule has 0 fully saturated rings. The van der Waals surface area contributed by atoms with Crippen LogP contribution in [0, 0.1) is 3.57 Å². The Morgan fingerprint density at radius 2 is 2.27 bits per heavy atom. The van der Waals surface area contributed by atoms with Crippen molar-refractivity contribution in [1.29, 1.82) is 0 Å². The Morgan fingerprint density at radius 3 is 3.09 bits per heavy atom. The monoisotopic (exact) mass is 259 g/mol. The standard InChI is InChI=1S/C7H6IN3/c8-6-1-4(9)2-7-5(6)3-10-11-7/h1-3H,9H2,(H,10,11). The smallest absolute Gasteiger partial charge is 0.0681 e. The lowest BCUT2D eigenvalue weighted by Gasteiger charge is -1.95. The maximum Gasteiger partial charge on any atom is 0.0681 e. The minimum Gasteiger partial charge on any atom is -0.399 e. The number of aromatic nitrogens is 2. The number of nitrogens with zero attached hydrogens (tertiary/aromatic N) is 1. The van der Waals surface area contributed by atoms with Gasteiger partial charge in [-0.2, -0.15) is 5.10 Å². The van der Waals surface area contributed by atoms with Crippen molar-refractivity contribution in [2.45, 2.75) is 0 Å². The summed E-state index contributed by atoms with van der Waals surface area (Å²) in [5, 5.41) is 7.91. The topological polar surface area (TPSA) is 54.7 Å². The highest BCUT2D eigenvalue weighted by Crippen LogP contribution is 2.21. The van der Waals surface area contributed by atoms with Crippen LogP contribution in [0.2, 0.25) is 0 Å². The van der Waals surface area contributed by atoms with Crippen LogP contribution in [0.1, 0.15) is 0 Å². The Morgan fingerprint density at radius 1 is 1.45 bits per heavy atom. The molecule has 0 amide bonds. The van der Waals surface area contributed by atoms with E-state index in [2.05, 4.69) is 32.8 Å². The number of hydrogen-bond acceptors (Lipinski definition) is 2. The average Bonchev–Trinajstić information content (AvgIpc) is 2.34. The highest BCUT2D eigenvalue weighted by Gasteiger charge is 2.00. The highest BCUT2D eigenvalue weighted by atomic mass is 127. The van der Waals surface area contributed by atoms with Crippen LogP contribution in [0.5, 0.6) is 0 Å². The third-order valence-electron chi connectivity index (χ3n) is 1.53. The number of nitrogens with two attached hydrogens (primary N) is 1. The molecule has 0 aliphatic heterocycles. The molecule has 3 N–H and O–H groups in total. The lowest BCUT2D eigenvalue weighted by atomic mass is 10.2. The van der Waals surface area contributed by atoms with E-state index in [1.165, 1.54) is 0 Å². The SMILES string of the molecule is Nc1cc(I)c2cn[nH]c2c1. The van der Waals surface area contributed by atoms with Gasteiger partial charge >= 0.3 is 0 Å². The molecule has 11 heavy (non-hydrogen) atoms. The molecule has 4 heteroatoms.